The Labute approximate surface area is 111 Å². The number of hydrogen-bond acceptors (Lipinski definition) is 3. The fourth-order valence-corrected chi connectivity index (χ4v) is 1.88. The topological polar surface area (TPSA) is 47.6 Å². The van der Waals surface area contributed by atoms with Gasteiger partial charge in [-0.2, -0.15) is 0 Å². The molecule has 1 aliphatic heterocycles. The normalized spacial score (nSPS) is 15.5. The van der Waals surface area contributed by atoms with Crippen LogP contribution < -0.4 is 14.8 Å². The van der Waals surface area contributed by atoms with Crippen molar-refractivity contribution in [3.8, 4) is 11.5 Å². The third-order valence-electron chi connectivity index (χ3n) is 2.48. The van der Waals surface area contributed by atoms with Gasteiger partial charge in [0.05, 0.1) is 0 Å². The van der Waals surface area contributed by atoms with Crippen molar-refractivity contribution in [3.63, 3.8) is 0 Å². The van der Waals surface area contributed by atoms with E-state index in [0.717, 1.165) is 0 Å². The number of carbonyl (C=O) groups excluding carboxylic acids is 1. The molecular weight excluding hydrogens is 254 g/mol. The number of alkyl halides is 1. The summed E-state index contributed by atoms with van der Waals surface area (Å²) in [5.74, 6) is 1.13. The molecule has 0 saturated carbocycles. The molecule has 0 radical (unpaired) electrons. The van der Waals surface area contributed by atoms with Gasteiger partial charge >= 0.3 is 0 Å². The Morgan fingerprint density at radius 2 is 2.06 bits per heavy atom. The van der Waals surface area contributed by atoms with Gasteiger partial charge in [0.15, 0.2) is 11.5 Å². The Kier molecular flexibility index (Phi) is 3.66. The molecule has 0 spiro atoms. The zero-order chi connectivity index (χ0) is 13.2. The van der Waals surface area contributed by atoms with Crippen molar-refractivity contribution >= 4 is 23.2 Å². The summed E-state index contributed by atoms with van der Waals surface area (Å²) in [6, 6.07) is 5.35. The lowest BCUT2D eigenvalue weighted by Crippen LogP contribution is -2.29. The number of rotatable bonds is 4. The highest BCUT2D eigenvalue weighted by Crippen LogP contribution is 2.40. The number of amides is 1. The molecule has 0 fully saturated rings. The summed E-state index contributed by atoms with van der Waals surface area (Å²) in [4.78, 5) is 11.6. The number of fused-ring (bicyclic) bond motifs is 1. The molecule has 1 aliphatic rings. The van der Waals surface area contributed by atoms with Crippen molar-refractivity contribution in [3.05, 3.63) is 18.2 Å². The van der Waals surface area contributed by atoms with E-state index in [2.05, 4.69) is 5.32 Å². The molecule has 2 rings (SSSR count). The lowest BCUT2D eigenvalue weighted by atomic mass is 10.2. The lowest BCUT2D eigenvalue weighted by Gasteiger charge is -2.16. The monoisotopic (exact) mass is 269 g/mol. The molecule has 1 aromatic rings. The zero-order valence-corrected chi connectivity index (χ0v) is 11.2. The van der Waals surface area contributed by atoms with Crippen molar-refractivity contribution in [2.45, 2.75) is 32.5 Å². The van der Waals surface area contributed by atoms with Crippen LogP contribution in [0.25, 0.3) is 0 Å². The highest BCUT2D eigenvalue weighted by molar-refractivity contribution is 6.18. The molecule has 0 aromatic heterocycles. The average Bonchev–Trinajstić information content (AvgIpc) is 2.59. The molecule has 1 amide bonds. The molecule has 5 heteroatoms. The van der Waals surface area contributed by atoms with E-state index in [1.165, 1.54) is 0 Å². The quantitative estimate of drug-likeness (QED) is 0.854. The molecule has 18 heavy (non-hydrogen) atoms. The third-order valence-corrected chi connectivity index (χ3v) is 2.74. The summed E-state index contributed by atoms with van der Waals surface area (Å²) in [6.07, 6.45) is 1.09. The number of halogens is 1. The predicted octanol–water partition coefficient (Wildman–Crippen LogP) is 3.15. The summed E-state index contributed by atoms with van der Waals surface area (Å²) >= 11 is 5.54. The van der Waals surface area contributed by atoms with Crippen molar-refractivity contribution < 1.29 is 14.3 Å². The van der Waals surface area contributed by atoms with Crippen LogP contribution in [0.15, 0.2) is 18.2 Å². The van der Waals surface area contributed by atoms with Crippen LogP contribution in [-0.4, -0.2) is 17.6 Å². The van der Waals surface area contributed by atoms with Crippen molar-refractivity contribution in [2.75, 3.05) is 11.2 Å². The van der Waals surface area contributed by atoms with E-state index >= 15 is 0 Å². The van der Waals surface area contributed by atoms with E-state index < -0.39 is 5.79 Å². The van der Waals surface area contributed by atoms with Gasteiger partial charge in [-0.3, -0.25) is 4.79 Å². The summed E-state index contributed by atoms with van der Waals surface area (Å²) in [5.41, 5.74) is 0.703. The largest absolute Gasteiger partial charge is 0.449 e. The molecule has 1 N–H and O–H groups in total. The molecule has 0 bridgehead atoms. The first-order valence-electron chi connectivity index (χ1n) is 5.88. The van der Waals surface area contributed by atoms with E-state index in [-0.39, 0.29) is 5.91 Å². The Balaban J connectivity index is 2.03. The molecule has 4 nitrogen and oxygen atoms in total. The summed E-state index contributed by atoms with van der Waals surface area (Å²) in [7, 11) is 0. The van der Waals surface area contributed by atoms with Crippen LogP contribution in [-0.2, 0) is 4.79 Å². The predicted molar refractivity (Wildman–Crippen MR) is 70.4 cm³/mol. The summed E-state index contributed by atoms with van der Waals surface area (Å²) < 4.78 is 11.2. The summed E-state index contributed by atoms with van der Waals surface area (Å²) in [6.45, 7) is 3.68. The smallest absolute Gasteiger partial charge is 0.246 e. The Morgan fingerprint density at radius 3 is 2.78 bits per heavy atom. The van der Waals surface area contributed by atoms with Gasteiger partial charge in [0, 0.05) is 37.9 Å². The van der Waals surface area contributed by atoms with Gasteiger partial charge in [-0.15, -0.1) is 11.6 Å². The van der Waals surface area contributed by atoms with Crippen LogP contribution in [0.5, 0.6) is 11.5 Å². The van der Waals surface area contributed by atoms with Crippen LogP contribution in [0.1, 0.15) is 26.7 Å². The molecule has 0 saturated heterocycles. The number of benzene rings is 1. The molecular formula is C13H16ClNO3. The first-order valence-corrected chi connectivity index (χ1v) is 6.41. The van der Waals surface area contributed by atoms with E-state index in [9.17, 15) is 4.79 Å². The molecule has 0 aliphatic carbocycles. The number of hydrogen-bond donors (Lipinski definition) is 1. The van der Waals surface area contributed by atoms with Gasteiger partial charge in [-0.05, 0) is 18.6 Å². The van der Waals surface area contributed by atoms with Gasteiger partial charge in [-0.25, -0.2) is 0 Å². The van der Waals surface area contributed by atoms with Crippen LogP contribution in [0, 0.1) is 0 Å². The van der Waals surface area contributed by atoms with Crippen molar-refractivity contribution in [1.29, 1.82) is 0 Å². The van der Waals surface area contributed by atoms with Gasteiger partial charge in [0.2, 0.25) is 11.7 Å². The fraction of sp³-hybridized carbons (Fsp3) is 0.462. The van der Waals surface area contributed by atoms with Gasteiger partial charge in [0.25, 0.3) is 0 Å². The SMILES string of the molecule is CC1(C)Oc2ccc(NC(=O)CCCCl)cc2O1. The number of anilines is 1. The van der Waals surface area contributed by atoms with Crippen molar-refractivity contribution in [2.24, 2.45) is 0 Å². The van der Waals surface area contributed by atoms with E-state index in [1.807, 2.05) is 13.8 Å². The van der Waals surface area contributed by atoms with E-state index in [4.69, 9.17) is 21.1 Å². The van der Waals surface area contributed by atoms with Crippen LogP contribution in [0.4, 0.5) is 5.69 Å². The average molecular weight is 270 g/mol. The number of nitrogens with one attached hydrogen (secondary N) is 1. The van der Waals surface area contributed by atoms with Crippen LogP contribution >= 0.6 is 11.6 Å². The van der Waals surface area contributed by atoms with Crippen LogP contribution in [0.3, 0.4) is 0 Å². The van der Waals surface area contributed by atoms with Gasteiger partial charge in [0.1, 0.15) is 0 Å². The van der Waals surface area contributed by atoms with E-state index in [1.54, 1.807) is 18.2 Å². The molecule has 1 heterocycles. The van der Waals surface area contributed by atoms with Crippen molar-refractivity contribution in [1.82, 2.24) is 0 Å². The standard InChI is InChI=1S/C13H16ClNO3/c1-13(2)17-10-6-5-9(8-11(10)18-13)15-12(16)4-3-7-14/h5-6,8H,3-4,7H2,1-2H3,(H,15,16). The zero-order valence-electron chi connectivity index (χ0n) is 10.5. The Morgan fingerprint density at radius 1 is 1.33 bits per heavy atom. The minimum atomic E-state index is -0.649. The molecule has 0 unspecified atom stereocenters. The maximum absolute atomic E-state index is 11.6. The third kappa shape index (κ3) is 3.07. The lowest BCUT2D eigenvalue weighted by molar-refractivity contribution is -0.116. The maximum atomic E-state index is 11.6. The highest BCUT2D eigenvalue weighted by Gasteiger charge is 2.31. The Hall–Kier alpha value is -1.42. The highest BCUT2D eigenvalue weighted by atomic mass is 35.5. The molecule has 98 valence electrons. The van der Waals surface area contributed by atoms with Gasteiger partial charge in [-0.1, -0.05) is 0 Å². The van der Waals surface area contributed by atoms with Crippen LogP contribution in [0.2, 0.25) is 0 Å². The van der Waals surface area contributed by atoms with Gasteiger partial charge < -0.3 is 14.8 Å². The Bertz CT molecular complexity index is 460. The summed E-state index contributed by atoms with van der Waals surface area (Å²) in [5, 5.41) is 2.80. The van der Waals surface area contributed by atoms with E-state index in [0.29, 0.717) is 35.9 Å². The fourth-order valence-electron chi connectivity index (χ4n) is 1.75. The first-order chi connectivity index (χ1) is 8.50. The number of carbonyl (C=O) groups is 1. The molecule has 1 aromatic carbocycles. The number of ether oxygens (including phenoxy) is 2. The second kappa shape index (κ2) is 5.06. The minimum Gasteiger partial charge on any atom is -0.449 e. The molecule has 0 atom stereocenters. The maximum Gasteiger partial charge on any atom is 0.246 e. The first kappa shape index (κ1) is 13.0. The second-order valence-corrected chi connectivity index (χ2v) is 4.98. The minimum absolute atomic E-state index is 0.0474. The second-order valence-electron chi connectivity index (χ2n) is 4.61.